The summed E-state index contributed by atoms with van der Waals surface area (Å²) < 4.78 is 15.9. The van der Waals surface area contributed by atoms with Crippen LogP contribution in [0.2, 0.25) is 0 Å². The molecule has 1 aromatic rings. The van der Waals surface area contributed by atoms with E-state index in [0.717, 1.165) is 12.8 Å². The average Bonchev–Trinajstić information content (AvgIpc) is 2.40. The molecule has 1 aliphatic rings. The molecule has 104 valence electrons. The molecule has 1 N–H and O–H groups in total. The van der Waals surface area contributed by atoms with Crippen LogP contribution in [-0.4, -0.2) is 44.8 Å². The number of nitrogens with one attached hydrogen (secondary N) is 1. The number of nitrogens with zero attached hydrogens (tertiary/aromatic N) is 2. The Labute approximate surface area is 114 Å². The monoisotopic (exact) mass is 283 g/mol. The Morgan fingerprint density at radius 1 is 1.42 bits per heavy atom. The number of rotatable bonds is 3. The van der Waals surface area contributed by atoms with E-state index in [4.69, 9.17) is 0 Å². The predicted molar refractivity (Wildman–Crippen MR) is 72.6 cm³/mol. The lowest BCUT2D eigenvalue weighted by molar-refractivity contribution is 0.0586. The van der Waals surface area contributed by atoms with Gasteiger partial charge in [-0.25, -0.2) is 14.8 Å². The number of ether oxygens (including phenoxy) is 1. The van der Waals surface area contributed by atoms with E-state index in [0.29, 0.717) is 23.0 Å². The fourth-order valence-electron chi connectivity index (χ4n) is 1.97. The van der Waals surface area contributed by atoms with E-state index < -0.39 is 16.8 Å². The highest BCUT2D eigenvalue weighted by Crippen LogP contribution is 2.15. The molecule has 19 heavy (non-hydrogen) atoms. The molecule has 7 heteroatoms. The number of carbonyl (C=O) groups excluding carboxylic acids is 1. The second-order valence-electron chi connectivity index (χ2n) is 4.48. The number of anilines is 1. The molecule has 0 aliphatic carbocycles. The first-order valence-corrected chi connectivity index (χ1v) is 7.63. The van der Waals surface area contributed by atoms with Crippen molar-refractivity contribution in [1.29, 1.82) is 0 Å². The first kappa shape index (κ1) is 13.9. The third kappa shape index (κ3) is 3.73. The predicted octanol–water partition coefficient (Wildman–Crippen LogP) is 0.895. The van der Waals surface area contributed by atoms with Crippen LogP contribution in [0.15, 0.2) is 6.07 Å². The van der Waals surface area contributed by atoms with Gasteiger partial charge in [-0.3, -0.25) is 4.21 Å². The van der Waals surface area contributed by atoms with Crippen molar-refractivity contribution in [3.8, 4) is 0 Å². The number of carbonyl (C=O) groups is 1. The van der Waals surface area contributed by atoms with E-state index in [1.54, 1.807) is 13.0 Å². The summed E-state index contributed by atoms with van der Waals surface area (Å²) in [6.07, 6.45) is 1.70. The summed E-state index contributed by atoms with van der Waals surface area (Å²) >= 11 is 0. The van der Waals surface area contributed by atoms with Gasteiger partial charge in [-0.15, -0.1) is 0 Å². The molecule has 6 nitrogen and oxygen atoms in total. The second kappa shape index (κ2) is 6.10. The van der Waals surface area contributed by atoms with Crippen LogP contribution in [0.25, 0.3) is 0 Å². The summed E-state index contributed by atoms with van der Waals surface area (Å²) in [5.74, 6) is 1.56. The van der Waals surface area contributed by atoms with Crippen LogP contribution < -0.4 is 5.32 Å². The molecule has 1 fully saturated rings. The summed E-state index contributed by atoms with van der Waals surface area (Å²) in [6.45, 7) is 1.80. The van der Waals surface area contributed by atoms with Gasteiger partial charge >= 0.3 is 5.97 Å². The SMILES string of the molecule is COC(=O)c1nc(C)cc(NC2CCS(=O)CC2)n1. The van der Waals surface area contributed by atoms with Crippen molar-refractivity contribution < 1.29 is 13.7 Å². The zero-order valence-electron chi connectivity index (χ0n) is 11.0. The first-order chi connectivity index (χ1) is 9.08. The van der Waals surface area contributed by atoms with Crippen LogP contribution in [0.1, 0.15) is 29.2 Å². The van der Waals surface area contributed by atoms with E-state index in [2.05, 4.69) is 20.0 Å². The van der Waals surface area contributed by atoms with Gasteiger partial charge in [-0.05, 0) is 19.8 Å². The zero-order chi connectivity index (χ0) is 13.8. The normalized spacial score (nSPS) is 22.8. The van der Waals surface area contributed by atoms with Crippen molar-refractivity contribution in [1.82, 2.24) is 9.97 Å². The van der Waals surface area contributed by atoms with Crippen LogP contribution >= 0.6 is 0 Å². The minimum absolute atomic E-state index is 0.0596. The maximum Gasteiger partial charge on any atom is 0.376 e. The van der Waals surface area contributed by atoms with E-state index in [9.17, 15) is 9.00 Å². The molecule has 2 rings (SSSR count). The topological polar surface area (TPSA) is 81.2 Å². The minimum atomic E-state index is -0.683. The number of aromatic nitrogens is 2. The summed E-state index contributed by atoms with van der Waals surface area (Å²) in [4.78, 5) is 19.6. The van der Waals surface area contributed by atoms with E-state index in [1.165, 1.54) is 7.11 Å². The molecule has 0 unspecified atom stereocenters. The second-order valence-corrected chi connectivity index (χ2v) is 6.17. The molecule has 0 bridgehead atoms. The van der Waals surface area contributed by atoms with Gasteiger partial charge in [0, 0.05) is 40.1 Å². The van der Waals surface area contributed by atoms with Crippen molar-refractivity contribution in [2.24, 2.45) is 0 Å². The van der Waals surface area contributed by atoms with Crippen LogP contribution in [-0.2, 0) is 15.5 Å². The quantitative estimate of drug-likeness (QED) is 0.830. The highest BCUT2D eigenvalue weighted by Gasteiger charge is 2.19. The number of methoxy groups -OCH3 is 1. The van der Waals surface area contributed by atoms with Crippen molar-refractivity contribution in [3.63, 3.8) is 0 Å². The van der Waals surface area contributed by atoms with Crippen molar-refractivity contribution >= 4 is 22.6 Å². The number of esters is 1. The minimum Gasteiger partial charge on any atom is -0.463 e. The highest BCUT2D eigenvalue weighted by atomic mass is 32.2. The lowest BCUT2D eigenvalue weighted by Crippen LogP contribution is -2.30. The van der Waals surface area contributed by atoms with Crippen LogP contribution in [0.4, 0.5) is 5.82 Å². The van der Waals surface area contributed by atoms with Gasteiger partial charge in [0.2, 0.25) is 5.82 Å². The Kier molecular flexibility index (Phi) is 4.47. The van der Waals surface area contributed by atoms with Crippen LogP contribution in [0.3, 0.4) is 0 Å². The van der Waals surface area contributed by atoms with Crippen LogP contribution in [0.5, 0.6) is 0 Å². The molecule has 0 radical (unpaired) electrons. The number of hydrogen-bond donors (Lipinski definition) is 1. The Morgan fingerprint density at radius 2 is 2.11 bits per heavy atom. The molecule has 0 amide bonds. The Hall–Kier alpha value is -1.50. The van der Waals surface area contributed by atoms with Gasteiger partial charge in [-0.1, -0.05) is 0 Å². The number of hydrogen-bond acceptors (Lipinski definition) is 6. The summed E-state index contributed by atoms with van der Waals surface area (Å²) in [6, 6.07) is 2.04. The molecule has 2 heterocycles. The summed E-state index contributed by atoms with van der Waals surface area (Å²) in [5, 5.41) is 3.27. The summed E-state index contributed by atoms with van der Waals surface area (Å²) in [5.41, 5.74) is 0.706. The van der Waals surface area contributed by atoms with Gasteiger partial charge in [-0.2, -0.15) is 0 Å². The Balaban J connectivity index is 2.09. The third-order valence-electron chi connectivity index (χ3n) is 2.96. The third-order valence-corrected chi connectivity index (χ3v) is 4.34. The van der Waals surface area contributed by atoms with E-state index in [-0.39, 0.29) is 11.9 Å². The van der Waals surface area contributed by atoms with Gasteiger partial charge in [0.15, 0.2) is 0 Å². The first-order valence-electron chi connectivity index (χ1n) is 6.14. The van der Waals surface area contributed by atoms with Gasteiger partial charge in [0.1, 0.15) is 5.82 Å². The lowest BCUT2D eigenvalue weighted by atomic mass is 10.1. The molecule has 1 aromatic heterocycles. The molecular formula is C12H17N3O3S. The largest absolute Gasteiger partial charge is 0.463 e. The lowest BCUT2D eigenvalue weighted by Gasteiger charge is -2.23. The van der Waals surface area contributed by atoms with Gasteiger partial charge in [0.25, 0.3) is 0 Å². The molecule has 0 aromatic carbocycles. The smallest absolute Gasteiger partial charge is 0.376 e. The summed E-state index contributed by atoms with van der Waals surface area (Å²) in [7, 11) is 0.620. The highest BCUT2D eigenvalue weighted by molar-refractivity contribution is 7.85. The van der Waals surface area contributed by atoms with Gasteiger partial charge in [0.05, 0.1) is 7.11 Å². The zero-order valence-corrected chi connectivity index (χ0v) is 11.8. The van der Waals surface area contributed by atoms with Crippen molar-refractivity contribution in [2.45, 2.75) is 25.8 Å². The molecule has 1 aliphatic heterocycles. The van der Waals surface area contributed by atoms with Gasteiger partial charge < -0.3 is 10.1 Å². The fourth-order valence-corrected chi connectivity index (χ4v) is 3.27. The van der Waals surface area contributed by atoms with E-state index >= 15 is 0 Å². The average molecular weight is 283 g/mol. The molecule has 0 spiro atoms. The Morgan fingerprint density at radius 3 is 2.74 bits per heavy atom. The fraction of sp³-hybridized carbons (Fsp3) is 0.583. The van der Waals surface area contributed by atoms with Crippen molar-refractivity contribution in [2.75, 3.05) is 23.9 Å². The molecular weight excluding hydrogens is 266 g/mol. The number of aryl methyl sites for hydroxylation is 1. The van der Waals surface area contributed by atoms with Crippen LogP contribution in [0, 0.1) is 6.92 Å². The van der Waals surface area contributed by atoms with E-state index in [1.807, 2.05) is 0 Å². The standard InChI is InChI=1S/C12H17N3O3S/c1-8-7-10(15-11(13-8)12(16)18-2)14-9-3-5-19(17)6-4-9/h7,9H,3-6H2,1-2H3,(H,13,14,15). The molecule has 0 atom stereocenters. The Bertz CT molecular complexity index is 497. The van der Waals surface area contributed by atoms with Crippen molar-refractivity contribution in [3.05, 3.63) is 17.6 Å². The molecule has 1 saturated heterocycles. The maximum atomic E-state index is 11.4. The molecule has 0 saturated carbocycles. The maximum absolute atomic E-state index is 11.4.